The number of rotatable bonds is 5. The number of para-hydroxylation sites is 1. The van der Waals surface area contributed by atoms with Crippen molar-refractivity contribution in [2.24, 2.45) is 10.9 Å². The fraction of sp³-hybridized carbons (Fsp3) is 0.125. The minimum atomic E-state index is -0.751. The molecule has 0 saturated heterocycles. The first kappa shape index (κ1) is 17.9. The summed E-state index contributed by atoms with van der Waals surface area (Å²) in [6, 6.07) is 9.47. The molecule has 0 spiro atoms. The largest absolute Gasteiger partial charge is 0.493 e. The van der Waals surface area contributed by atoms with Crippen LogP contribution in [-0.2, 0) is 4.84 Å². The Kier molecular flexibility index (Phi) is 5.89. The summed E-state index contributed by atoms with van der Waals surface area (Å²) >= 11 is 11.8. The third kappa shape index (κ3) is 3.90. The molecule has 0 heterocycles. The van der Waals surface area contributed by atoms with Crippen LogP contribution in [0, 0.1) is 0 Å². The van der Waals surface area contributed by atoms with E-state index >= 15 is 0 Å². The topological polar surface area (TPSA) is 83.1 Å². The van der Waals surface area contributed by atoms with Crippen LogP contribution in [0.2, 0.25) is 10.0 Å². The number of oxime groups is 1. The molecule has 0 radical (unpaired) electrons. The van der Waals surface area contributed by atoms with Crippen molar-refractivity contribution in [1.29, 1.82) is 0 Å². The van der Waals surface area contributed by atoms with Crippen molar-refractivity contribution in [3.63, 3.8) is 0 Å². The second-order valence-electron chi connectivity index (χ2n) is 4.52. The summed E-state index contributed by atoms with van der Waals surface area (Å²) < 4.78 is 10.3. The fourth-order valence-electron chi connectivity index (χ4n) is 1.93. The predicted octanol–water partition coefficient (Wildman–Crippen LogP) is 3.49. The third-order valence-corrected chi connectivity index (χ3v) is 3.60. The van der Waals surface area contributed by atoms with Crippen LogP contribution >= 0.6 is 23.2 Å². The van der Waals surface area contributed by atoms with Gasteiger partial charge in [-0.25, -0.2) is 4.79 Å². The highest BCUT2D eigenvalue weighted by molar-refractivity contribution is 6.36. The van der Waals surface area contributed by atoms with Gasteiger partial charge in [0.1, 0.15) is 5.56 Å². The normalized spacial score (nSPS) is 11.1. The zero-order valence-corrected chi connectivity index (χ0v) is 14.4. The van der Waals surface area contributed by atoms with E-state index in [4.69, 9.17) is 43.2 Å². The monoisotopic (exact) mass is 368 g/mol. The summed E-state index contributed by atoms with van der Waals surface area (Å²) in [7, 11) is 2.88. The first-order valence-corrected chi connectivity index (χ1v) is 7.44. The lowest BCUT2D eigenvalue weighted by molar-refractivity contribution is 0.0511. The predicted molar refractivity (Wildman–Crippen MR) is 92.1 cm³/mol. The van der Waals surface area contributed by atoms with Crippen molar-refractivity contribution < 1.29 is 19.1 Å². The number of nitrogens with zero attached hydrogens (tertiary/aromatic N) is 1. The van der Waals surface area contributed by atoms with E-state index < -0.39 is 5.97 Å². The smallest absolute Gasteiger partial charge is 0.369 e. The molecule has 0 fully saturated rings. The number of ether oxygens (including phenoxy) is 2. The van der Waals surface area contributed by atoms with E-state index in [1.807, 2.05) is 0 Å². The van der Waals surface area contributed by atoms with Crippen LogP contribution in [0.5, 0.6) is 11.5 Å². The van der Waals surface area contributed by atoms with Crippen molar-refractivity contribution >= 4 is 35.0 Å². The average Bonchev–Trinajstić information content (AvgIpc) is 2.58. The van der Waals surface area contributed by atoms with Crippen molar-refractivity contribution in [2.75, 3.05) is 14.2 Å². The highest BCUT2D eigenvalue weighted by Crippen LogP contribution is 2.31. The van der Waals surface area contributed by atoms with E-state index in [1.165, 1.54) is 26.4 Å². The van der Waals surface area contributed by atoms with Gasteiger partial charge in [0, 0.05) is 10.6 Å². The lowest BCUT2D eigenvalue weighted by Crippen LogP contribution is -2.16. The van der Waals surface area contributed by atoms with Crippen molar-refractivity contribution in [2.45, 2.75) is 0 Å². The molecule has 0 unspecified atom stereocenters. The van der Waals surface area contributed by atoms with Gasteiger partial charge in [-0.15, -0.1) is 0 Å². The van der Waals surface area contributed by atoms with Gasteiger partial charge >= 0.3 is 5.97 Å². The Labute approximate surface area is 148 Å². The van der Waals surface area contributed by atoms with Gasteiger partial charge in [-0.3, -0.25) is 0 Å². The van der Waals surface area contributed by atoms with Crippen LogP contribution in [0.1, 0.15) is 15.9 Å². The minimum Gasteiger partial charge on any atom is -0.493 e. The van der Waals surface area contributed by atoms with Crippen LogP contribution in [0.3, 0.4) is 0 Å². The molecule has 0 saturated carbocycles. The molecule has 0 aliphatic rings. The molecule has 2 rings (SSSR count). The Balaban J connectivity index is 2.24. The Bertz CT molecular complexity index is 794. The van der Waals surface area contributed by atoms with Gasteiger partial charge in [-0.05, 0) is 30.3 Å². The fourth-order valence-corrected chi connectivity index (χ4v) is 2.44. The SMILES string of the molecule is COc1cccc(C(=O)O/N=C(\N)c2ccc(Cl)cc2Cl)c1OC. The van der Waals surface area contributed by atoms with Gasteiger partial charge in [-0.1, -0.05) is 34.4 Å². The van der Waals surface area contributed by atoms with Crippen LogP contribution < -0.4 is 15.2 Å². The lowest BCUT2D eigenvalue weighted by atomic mass is 10.2. The van der Waals surface area contributed by atoms with Crippen LogP contribution in [0.15, 0.2) is 41.6 Å². The number of methoxy groups -OCH3 is 2. The molecule has 0 atom stereocenters. The van der Waals surface area contributed by atoms with E-state index in [1.54, 1.807) is 24.3 Å². The standard InChI is InChI=1S/C16H14Cl2N2O4/c1-22-13-5-3-4-11(14(13)23-2)16(21)24-20-15(19)10-7-6-9(17)8-12(10)18/h3-8H,1-2H3,(H2,19,20). The number of nitrogens with two attached hydrogens (primary N) is 1. The number of amidine groups is 1. The molecule has 0 bridgehead atoms. The molecule has 0 aliphatic heterocycles. The molecule has 8 heteroatoms. The van der Waals surface area contributed by atoms with Crippen molar-refractivity contribution in [1.82, 2.24) is 0 Å². The zero-order chi connectivity index (χ0) is 17.7. The molecule has 0 aromatic heterocycles. The minimum absolute atomic E-state index is 0.0631. The number of carbonyl (C=O) groups excluding carboxylic acids is 1. The summed E-state index contributed by atoms with van der Waals surface area (Å²) in [5, 5.41) is 4.36. The number of carbonyl (C=O) groups is 1. The zero-order valence-electron chi connectivity index (χ0n) is 12.9. The summed E-state index contributed by atoms with van der Waals surface area (Å²) in [4.78, 5) is 17.1. The first-order chi connectivity index (χ1) is 11.5. The highest BCUT2D eigenvalue weighted by atomic mass is 35.5. The molecular weight excluding hydrogens is 355 g/mol. The van der Waals surface area contributed by atoms with Gasteiger partial charge in [0.15, 0.2) is 17.3 Å². The average molecular weight is 369 g/mol. The van der Waals surface area contributed by atoms with E-state index in [9.17, 15) is 4.79 Å². The first-order valence-electron chi connectivity index (χ1n) is 6.69. The second kappa shape index (κ2) is 7.90. The maximum Gasteiger partial charge on any atom is 0.369 e. The number of hydrogen-bond acceptors (Lipinski definition) is 5. The van der Waals surface area contributed by atoms with Gasteiger partial charge in [0.25, 0.3) is 0 Å². The van der Waals surface area contributed by atoms with Crippen molar-refractivity contribution in [3.05, 3.63) is 57.6 Å². The highest BCUT2D eigenvalue weighted by Gasteiger charge is 2.18. The maximum atomic E-state index is 12.2. The van der Waals surface area contributed by atoms with Gasteiger partial charge < -0.3 is 20.0 Å². The molecule has 0 amide bonds. The Hall–Kier alpha value is -2.44. The van der Waals surface area contributed by atoms with Crippen LogP contribution in [0.25, 0.3) is 0 Å². The lowest BCUT2D eigenvalue weighted by Gasteiger charge is -2.10. The molecule has 24 heavy (non-hydrogen) atoms. The maximum absolute atomic E-state index is 12.2. The van der Waals surface area contributed by atoms with Gasteiger partial charge in [0.2, 0.25) is 0 Å². The van der Waals surface area contributed by atoms with E-state index in [-0.39, 0.29) is 17.1 Å². The Morgan fingerprint density at radius 1 is 1.08 bits per heavy atom. The third-order valence-electron chi connectivity index (χ3n) is 3.06. The molecular formula is C16H14Cl2N2O4. The molecule has 2 aromatic carbocycles. The van der Waals surface area contributed by atoms with E-state index in [0.29, 0.717) is 21.4 Å². The summed E-state index contributed by atoms with van der Waals surface area (Å²) in [5.74, 6) is -0.182. The molecule has 6 nitrogen and oxygen atoms in total. The van der Waals surface area contributed by atoms with Gasteiger partial charge in [-0.2, -0.15) is 0 Å². The van der Waals surface area contributed by atoms with E-state index in [2.05, 4.69) is 5.16 Å². The summed E-state index contributed by atoms with van der Waals surface area (Å²) in [5.41, 5.74) is 6.33. The summed E-state index contributed by atoms with van der Waals surface area (Å²) in [6.07, 6.45) is 0. The Morgan fingerprint density at radius 3 is 2.46 bits per heavy atom. The second-order valence-corrected chi connectivity index (χ2v) is 5.36. The molecule has 2 N–H and O–H groups in total. The van der Waals surface area contributed by atoms with Crippen LogP contribution in [-0.4, -0.2) is 26.0 Å². The Morgan fingerprint density at radius 2 is 1.83 bits per heavy atom. The van der Waals surface area contributed by atoms with Crippen molar-refractivity contribution in [3.8, 4) is 11.5 Å². The van der Waals surface area contributed by atoms with E-state index in [0.717, 1.165) is 0 Å². The number of halogens is 2. The summed E-state index contributed by atoms with van der Waals surface area (Å²) in [6.45, 7) is 0. The van der Waals surface area contributed by atoms with Crippen LogP contribution in [0.4, 0.5) is 0 Å². The van der Waals surface area contributed by atoms with Gasteiger partial charge in [0.05, 0.1) is 19.2 Å². The molecule has 0 aliphatic carbocycles. The molecule has 126 valence electrons. The number of hydrogen-bond donors (Lipinski definition) is 1. The number of benzene rings is 2. The molecule has 2 aromatic rings. The quantitative estimate of drug-likeness (QED) is 0.378.